The molecule has 0 saturated heterocycles. The molecule has 3 rings (SSSR count). The van der Waals surface area contributed by atoms with E-state index in [0.29, 0.717) is 11.4 Å². The van der Waals surface area contributed by atoms with E-state index in [9.17, 15) is 18.8 Å². The van der Waals surface area contributed by atoms with Crippen molar-refractivity contribution in [1.82, 2.24) is 5.32 Å². The fourth-order valence-electron chi connectivity index (χ4n) is 3.36. The second kappa shape index (κ2) is 12.3. The minimum atomic E-state index is -0.971. The Balaban J connectivity index is 1.77. The largest absolute Gasteiger partial charge is 0.444 e. The number of benzene rings is 3. The van der Waals surface area contributed by atoms with Crippen LogP contribution in [0.25, 0.3) is 0 Å². The summed E-state index contributed by atoms with van der Waals surface area (Å²) in [4.78, 5) is 38.4. The van der Waals surface area contributed by atoms with E-state index < -0.39 is 35.4 Å². The highest BCUT2D eigenvalue weighted by Gasteiger charge is 2.25. The van der Waals surface area contributed by atoms with Gasteiger partial charge in [0.2, 0.25) is 5.91 Å². The minimum Gasteiger partial charge on any atom is -0.444 e. The quantitative estimate of drug-likeness (QED) is 0.270. The van der Waals surface area contributed by atoms with Gasteiger partial charge >= 0.3 is 6.09 Å². The zero-order valence-electron chi connectivity index (χ0n) is 20.4. The molecule has 7 nitrogen and oxygen atoms in total. The van der Waals surface area contributed by atoms with Crippen LogP contribution in [-0.4, -0.2) is 29.6 Å². The maximum absolute atomic E-state index is 13.4. The summed E-state index contributed by atoms with van der Waals surface area (Å²) in [6.45, 7) is 5.19. The van der Waals surface area contributed by atoms with E-state index in [1.165, 1.54) is 24.3 Å². The fraction of sp³-hybridized carbons (Fsp3) is 0.222. The number of amides is 3. The van der Waals surface area contributed by atoms with Crippen LogP contribution in [0, 0.1) is 5.82 Å². The first-order valence-corrected chi connectivity index (χ1v) is 12.9. The smallest absolute Gasteiger partial charge is 0.408 e. The van der Waals surface area contributed by atoms with Crippen LogP contribution in [-0.2, 0) is 16.0 Å². The van der Waals surface area contributed by atoms with Crippen molar-refractivity contribution >= 4 is 61.1 Å². The van der Waals surface area contributed by atoms with E-state index in [2.05, 4.69) is 47.8 Å². The van der Waals surface area contributed by atoms with E-state index in [1.54, 1.807) is 45.0 Å². The van der Waals surface area contributed by atoms with E-state index >= 15 is 0 Å². The second-order valence-corrected chi connectivity index (χ2v) is 11.0. The first-order chi connectivity index (χ1) is 17.4. The minimum absolute atomic E-state index is 0.183. The van der Waals surface area contributed by atoms with Crippen molar-refractivity contribution in [2.45, 2.75) is 38.8 Å². The van der Waals surface area contributed by atoms with Crippen molar-refractivity contribution < 1.29 is 23.5 Å². The first-order valence-electron chi connectivity index (χ1n) is 11.3. The van der Waals surface area contributed by atoms with Gasteiger partial charge in [-0.05, 0) is 80.9 Å². The summed E-state index contributed by atoms with van der Waals surface area (Å²) >= 11 is 6.86. The van der Waals surface area contributed by atoms with Crippen molar-refractivity contribution in [2.24, 2.45) is 0 Å². The van der Waals surface area contributed by atoms with Crippen molar-refractivity contribution in [3.63, 3.8) is 0 Å². The maximum atomic E-state index is 13.4. The Hall–Kier alpha value is -3.24. The van der Waals surface area contributed by atoms with Gasteiger partial charge in [0.15, 0.2) is 0 Å². The first kappa shape index (κ1) is 28.3. The normalized spacial score (nSPS) is 11.8. The third-order valence-electron chi connectivity index (χ3n) is 4.84. The maximum Gasteiger partial charge on any atom is 0.408 e. The highest BCUT2D eigenvalue weighted by molar-refractivity contribution is 9.11. The molecule has 3 amide bonds. The average molecular weight is 635 g/mol. The molecule has 0 aliphatic heterocycles. The standard InChI is InChI=1S/C27H26Br2FN3O4/c1-27(2,3)37-26(36)33-23(12-16-10-18(28)14-19(29)11-16)25(35)32-21-8-4-6-17(13-21)24(34)31-22-9-5-7-20(30)15-22/h4-11,13-15,23H,12H2,1-3H3,(H,31,34)(H,32,35)(H,33,36). The number of hydrogen-bond donors (Lipinski definition) is 3. The molecule has 0 bridgehead atoms. The molecule has 0 aromatic heterocycles. The summed E-state index contributed by atoms with van der Waals surface area (Å²) in [5.41, 5.74) is 0.965. The summed E-state index contributed by atoms with van der Waals surface area (Å²) < 4.78 is 20.4. The molecule has 0 saturated carbocycles. The lowest BCUT2D eigenvalue weighted by Crippen LogP contribution is -2.47. The van der Waals surface area contributed by atoms with Gasteiger partial charge in [0.05, 0.1) is 0 Å². The fourth-order valence-corrected chi connectivity index (χ4v) is 4.75. The molecule has 3 aromatic rings. The number of halogens is 3. The van der Waals surface area contributed by atoms with Crippen LogP contribution in [0.2, 0.25) is 0 Å². The zero-order chi connectivity index (χ0) is 27.2. The van der Waals surface area contributed by atoms with Crippen molar-refractivity contribution in [2.75, 3.05) is 10.6 Å². The summed E-state index contributed by atoms with van der Waals surface area (Å²) in [5.74, 6) is -1.44. The van der Waals surface area contributed by atoms with Gasteiger partial charge in [-0.3, -0.25) is 9.59 Å². The van der Waals surface area contributed by atoms with Crippen LogP contribution in [0.15, 0.2) is 75.7 Å². The molecular weight excluding hydrogens is 609 g/mol. The highest BCUT2D eigenvalue weighted by Crippen LogP contribution is 2.22. The van der Waals surface area contributed by atoms with Crippen LogP contribution < -0.4 is 16.0 Å². The molecular formula is C27H26Br2FN3O4. The number of nitrogens with one attached hydrogen (secondary N) is 3. The molecule has 0 radical (unpaired) electrons. The van der Waals surface area contributed by atoms with Crippen molar-refractivity contribution in [3.8, 4) is 0 Å². The van der Waals surface area contributed by atoms with E-state index in [4.69, 9.17) is 4.74 Å². The lowest BCUT2D eigenvalue weighted by atomic mass is 10.0. The third kappa shape index (κ3) is 9.29. The number of carbonyl (C=O) groups is 3. The molecule has 1 atom stereocenters. The Bertz CT molecular complexity index is 1290. The van der Waals surface area contributed by atoms with Crippen molar-refractivity contribution in [1.29, 1.82) is 0 Å². The Kier molecular flexibility index (Phi) is 9.45. The van der Waals surface area contributed by atoms with Gasteiger partial charge < -0.3 is 20.7 Å². The number of alkyl carbamates (subject to hydrolysis) is 1. The van der Waals surface area contributed by atoms with E-state index in [-0.39, 0.29) is 12.0 Å². The molecule has 0 aliphatic rings. The predicted octanol–water partition coefficient (Wildman–Crippen LogP) is 6.68. The summed E-state index contributed by atoms with van der Waals surface area (Å²) in [6.07, 6.45) is -0.548. The number of anilines is 2. The van der Waals surface area contributed by atoms with Gasteiger partial charge in [0, 0.05) is 32.3 Å². The van der Waals surface area contributed by atoms with Gasteiger partial charge in [-0.25, -0.2) is 9.18 Å². The van der Waals surface area contributed by atoms with Crippen molar-refractivity contribution in [3.05, 3.63) is 92.6 Å². The SMILES string of the molecule is CC(C)(C)OC(=O)NC(Cc1cc(Br)cc(Br)c1)C(=O)Nc1cccc(C(=O)Nc2cccc(F)c2)c1. The van der Waals surface area contributed by atoms with Crippen LogP contribution in [0.5, 0.6) is 0 Å². The summed E-state index contributed by atoms with van der Waals surface area (Å²) in [5, 5.41) is 8.01. The molecule has 37 heavy (non-hydrogen) atoms. The van der Waals surface area contributed by atoms with Gasteiger partial charge in [0.1, 0.15) is 17.5 Å². The molecule has 1 unspecified atom stereocenters. The van der Waals surface area contributed by atoms with Crippen LogP contribution in [0.4, 0.5) is 20.6 Å². The highest BCUT2D eigenvalue weighted by atomic mass is 79.9. The summed E-state index contributed by atoms with van der Waals surface area (Å²) in [7, 11) is 0. The molecule has 10 heteroatoms. The van der Waals surface area contributed by atoms with Crippen LogP contribution in [0.1, 0.15) is 36.7 Å². The van der Waals surface area contributed by atoms with Crippen LogP contribution in [0.3, 0.4) is 0 Å². The van der Waals surface area contributed by atoms with Gasteiger partial charge in [0.25, 0.3) is 5.91 Å². The molecule has 0 aliphatic carbocycles. The number of hydrogen-bond acceptors (Lipinski definition) is 4. The third-order valence-corrected chi connectivity index (χ3v) is 5.76. The van der Waals surface area contributed by atoms with Crippen LogP contribution >= 0.6 is 31.9 Å². The lowest BCUT2D eigenvalue weighted by molar-refractivity contribution is -0.118. The Labute approximate surface area is 231 Å². The van der Waals surface area contributed by atoms with E-state index in [0.717, 1.165) is 14.5 Å². The molecule has 3 aromatic carbocycles. The average Bonchev–Trinajstić information content (AvgIpc) is 2.77. The predicted molar refractivity (Wildman–Crippen MR) is 148 cm³/mol. The van der Waals surface area contributed by atoms with Gasteiger partial charge in [-0.1, -0.05) is 44.0 Å². The topological polar surface area (TPSA) is 96.5 Å². The Morgan fingerprint density at radius 3 is 2.14 bits per heavy atom. The number of rotatable bonds is 7. The lowest BCUT2D eigenvalue weighted by Gasteiger charge is -2.23. The number of ether oxygens (including phenoxy) is 1. The molecule has 0 spiro atoms. The molecule has 194 valence electrons. The monoisotopic (exact) mass is 633 g/mol. The summed E-state index contributed by atoms with van der Waals surface area (Å²) in [6, 6.07) is 16.4. The zero-order valence-corrected chi connectivity index (χ0v) is 23.6. The molecule has 0 fully saturated rings. The Morgan fingerprint density at radius 2 is 1.51 bits per heavy atom. The molecule has 3 N–H and O–H groups in total. The van der Waals surface area contributed by atoms with E-state index in [1.807, 2.05) is 18.2 Å². The number of carbonyl (C=O) groups excluding carboxylic acids is 3. The molecule has 0 heterocycles. The van der Waals surface area contributed by atoms with Gasteiger partial charge in [-0.2, -0.15) is 0 Å². The Morgan fingerprint density at radius 1 is 0.892 bits per heavy atom. The second-order valence-electron chi connectivity index (χ2n) is 9.22. The van der Waals surface area contributed by atoms with Gasteiger partial charge in [-0.15, -0.1) is 0 Å².